The van der Waals surface area contributed by atoms with Crippen molar-refractivity contribution in [2.24, 2.45) is 5.73 Å². The molecule has 0 unspecified atom stereocenters. The Kier molecular flexibility index (Phi) is 5.29. The lowest BCUT2D eigenvalue weighted by atomic mass is 10.1. The molecule has 0 saturated carbocycles. The number of nitrogens with one attached hydrogen (secondary N) is 1. The lowest BCUT2D eigenvalue weighted by molar-refractivity contribution is 0.0952. The molecule has 1 aromatic carbocycles. The summed E-state index contributed by atoms with van der Waals surface area (Å²) in [6, 6.07) is 12.3. The number of aryl methyl sites for hydroxylation is 1. The molecule has 0 radical (unpaired) electrons. The summed E-state index contributed by atoms with van der Waals surface area (Å²) in [5.74, 6) is -0.112. The molecular formula is C16H19N3O2. The Morgan fingerprint density at radius 3 is 2.57 bits per heavy atom. The number of carbonyl (C=O) groups is 1. The van der Waals surface area contributed by atoms with Crippen LogP contribution in [0.1, 0.15) is 22.3 Å². The standard InChI is InChI=1S/C16H19N3O2/c17-12-13-5-7-14(8-6-13)16(21)18-9-3-11-19-10-2-1-4-15(19)20/h1-2,4-8,10H,3,9,11-12,17H2,(H,18,21). The van der Waals surface area contributed by atoms with E-state index in [1.54, 1.807) is 29.0 Å². The second-order valence-corrected chi connectivity index (χ2v) is 4.74. The van der Waals surface area contributed by atoms with Gasteiger partial charge < -0.3 is 15.6 Å². The average Bonchev–Trinajstić information content (AvgIpc) is 2.53. The van der Waals surface area contributed by atoms with Crippen LogP contribution in [0.5, 0.6) is 0 Å². The highest BCUT2D eigenvalue weighted by Crippen LogP contribution is 2.03. The molecule has 1 aromatic heterocycles. The van der Waals surface area contributed by atoms with Gasteiger partial charge in [-0.05, 0) is 30.2 Å². The number of rotatable bonds is 6. The van der Waals surface area contributed by atoms with Gasteiger partial charge in [-0.15, -0.1) is 0 Å². The SMILES string of the molecule is NCc1ccc(C(=O)NCCCn2ccccc2=O)cc1. The third kappa shape index (κ3) is 4.29. The van der Waals surface area contributed by atoms with Gasteiger partial charge in [0.2, 0.25) is 5.56 Å². The topological polar surface area (TPSA) is 77.1 Å². The van der Waals surface area contributed by atoms with Crippen molar-refractivity contribution in [1.82, 2.24) is 9.88 Å². The Labute approximate surface area is 123 Å². The summed E-state index contributed by atoms with van der Waals surface area (Å²) in [6.45, 7) is 1.58. The van der Waals surface area contributed by atoms with Gasteiger partial charge in [0, 0.05) is 37.5 Å². The summed E-state index contributed by atoms with van der Waals surface area (Å²) in [7, 11) is 0. The number of hydrogen-bond acceptors (Lipinski definition) is 3. The first-order valence-electron chi connectivity index (χ1n) is 6.93. The highest BCUT2D eigenvalue weighted by atomic mass is 16.1. The van der Waals surface area contributed by atoms with Crippen molar-refractivity contribution in [3.63, 3.8) is 0 Å². The van der Waals surface area contributed by atoms with Crippen LogP contribution in [-0.4, -0.2) is 17.0 Å². The normalized spacial score (nSPS) is 10.3. The largest absolute Gasteiger partial charge is 0.352 e. The third-order valence-corrected chi connectivity index (χ3v) is 3.21. The molecule has 0 fully saturated rings. The van der Waals surface area contributed by atoms with E-state index in [0.29, 0.717) is 31.6 Å². The fraction of sp³-hybridized carbons (Fsp3) is 0.250. The molecule has 5 heteroatoms. The molecule has 5 nitrogen and oxygen atoms in total. The number of hydrogen-bond donors (Lipinski definition) is 2. The predicted octanol–water partition coefficient (Wildman–Crippen LogP) is 1.13. The van der Waals surface area contributed by atoms with Crippen molar-refractivity contribution >= 4 is 5.91 Å². The summed E-state index contributed by atoms with van der Waals surface area (Å²) in [4.78, 5) is 23.4. The Bertz CT molecular complexity index is 647. The van der Waals surface area contributed by atoms with Crippen molar-refractivity contribution in [1.29, 1.82) is 0 Å². The molecule has 0 atom stereocenters. The Hall–Kier alpha value is -2.40. The highest BCUT2D eigenvalue weighted by Gasteiger charge is 2.04. The molecule has 21 heavy (non-hydrogen) atoms. The maximum atomic E-state index is 11.9. The molecular weight excluding hydrogens is 266 g/mol. The van der Waals surface area contributed by atoms with Gasteiger partial charge in [0.25, 0.3) is 5.91 Å². The molecule has 2 rings (SSSR count). The van der Waals surface area contributed by atoms with Gasteiger partial charge in [0.05, 0.1) is 0 Å². The van der Waals surface area contributed by atoms with E-state index in [9.17, 15) is 9.59 Å². The van der Waals surface area contributed by atoms with E-state index in [-0.39, 0.29) is 11.5 Å². The van der Waals surface area contributed by atoms with Crippen molar-refractivity contribution < 1.29 is 4.79 Å². The minimum absolute atomic E-state index is 0.0267. The van der Waals surface area contributed by atoms with Crippen LogP contribution in [0.2, 0.25) is 0 Å². The van der Waals surface area contributed by atoms with Crippen LogP contribution in [0.25, 0.3) is 0 Å². The number of benzene rings is 1. The van der Waals surface area contributed by atoms with E-state index in [0.717, 1.165) is 5.56 Å². The zero-order chi connectivity index (χ0) is 15.1. The number of amides is 1. The lowest BCUT2D eigenvalue weighted by Crippen LogP contribution is -2.26. The first-order valence-corrected chi connectivity index (χ1v) is 6.93. The third-order valence-electron chi connectivity index (χ3n) is 3.21. The fourth-order valence-electron chi connectivity index (χ4n) is 1.99. The summed E-state index contributed by atoms with van der Waals surface area (Å²) < 4.78 is 1.63. The first kappa shape index (κ1) is 15.0. The van der Waals surface area contributed by atoms with Crippen LogP contribution >= 0.6 is 0 Å². The molecule has 0 aliphatic carbocycles. The van der Waals surface area contributed by atoms with E-state index in [1.165, 1.54) is 6.07 Å². The first-order chi connectivity index (χ1) is 10.2. The number of nitrogens with two attached hydrogens (primary N) is 1. The molecule has 2 aromatic rings. The van der Waals surface area contributed by atoms with Crippen molar-refractivity contribution in [3.05, 3.63) is 70.1 Å². The smallest absolute Gasteiger partial charge is 0.251 e. The average molecular weight is 285 g/mol. The van der Waals surface area contributed by atoms with Gasteiger partial charge >= 0.3 is 0 Å². The quantitative estimate of drug-likeness (QED) is 0.781. The minimum Gasteiger partial charge on any atom is -0.352 e. The zero-order valence-electron chi connectivity index (χ0n) is 11.8. The fourth-order valence-corrected chi connectivity index (χ4v) is 1.99. The molecule has 0 bridgehead atoms. The monoisotopic (exact) mass is 285 g/mol. The van der Waals surface area contributed by atoms with E-state index < -0.39 is 0 Å². The summed E-state index contributed by atoms with van der Waals surface area (Å²) in [5.41, 5.74) is 7.10. The van der Waals surface area contributed by atoms with Crippen LogP contribution in [-0.2, 0) is 13.1 Å². The van der Waals surface area contributed by atoms with Crippen LogP contribution in [0.3, 0.4) is 0 Å². The number of aromatic nitrogens is 1. The zero-order valence-corrected chi connectivity index (χ0v) is 11.8. The van der Waals surface area contributed by atoms with Crippen molar-refractivity contribution in [2.45, 2.75) is 19.5 Å². The van der Waals surface area contributed by atoms with Crippen molar-refractivity contribution in [2.75, 3.05) is 6.54 Å². The van der Waals surface area contributed by atoms with Gasteiger partial charge in [-0.3, -0.25) is 9.59 Å². The summed E-state index contributed by atoms with van der Waals surface area (Å²) >= 11 is 0. The van der Waals surface area contributed by atoms with Crippen LogP contribution in [0.4, 0.5) is 0 Å². The summed E-state index contributed by atoms with van der Waals surface area (Å²) in [5, 5.41) is 2.84. The van der Waals surface area contributed by atoms with Crippen LogP contribution in [0, 0.1) is 0 Å². The van der Waals surface area contributed by atoms with E-state index in [2.05, 4.69) is 5.32 Å². The van der Waals surface area contributed by atoms with Gasteiger partial charge in [-0.25, -0.2) is 0 Å². The number of nitrogens with zero attached hydrogens (tertiary/aromatic N) is 1. The van der Waals surface area contributed by atoms with E-state index in [4.69, 9.17) is 5.73 Å². The second kappa shape index (κ2) is 7.40. The molecule has 3 N–H and O–H groups in total. The Balaban J connectivity index is 1.79. The van der Waals surface area contributed by atoms with Gasteiger partial charge in [-0.1, -0.05) is 18.2 Å². The Morgan fingerprint density at radius 2 is 1.90 bits per heavy atom. The van der Waals surface area contributed by atoms with Gasteiger partial charge in [0.1, 0.15) is 0 Å². The van der Waals surface area contributed by atoms with Crippen molar-refractivity contribution in [3.8, 4) is 0 Å². The molecule has 0 aliphatic heterocycles. The number of carbonyl (C=O) groups excluding carboxylic acids is 1. The van der Waals surface area contributed by atoms with E-state index in [1.807, 2.05) is 18.2 Å². The Morgan fingerprint density at radius 1 is 1.14 bits per heavy atom. The predicted molar refractivity (Wildman–Crippen MR) is 82.0 cm³/mol. The summed E-state index contributed by atoms with van der Waals surface area (Å²) in [6.07, 6.45) is 2.45. The lowest BCUT2D eigenvalue weighted by Gasteiger charge is -2.07. The maximum Gasteiger partial charge on any atom is 0.251 e. The maximum absolute atomic E-state index is 11.9. The molecule has 0 spiro atoms. The molecule has 0 aliphatic rings. The van der Waals surface area contributed by atoms with Crippen LogP contribution < -0.4 is 16.6 Å². The van der Waals surface area contributed by atoms with Crippen LogP contribution in [0.15, 0.2) is 53.5 Å². The van der Waals surface area contributed by atoms with Gasteiger partial charge in [-0.2, -0.15) is 0 Å². The van der Waals surface area contributed by atoms with Gasteiger partial charge in [0.15, 0.2) is 0 Å². The number of pyridine rings is 1. The highest BCUT2D eigenvalue weighted by molar-refractivity contribution is 5.94. The second-order valence-electron chi connectivity index (χ2n) is 4.74. The molecule has 1 amide bonds. The minimum atomic E-state index is -0.112. The molecule has 0 saturated heterocycles. The molecule has 1 heterocycles. The van der Waals surface area contributed by atoms with E-state index >= 15 is 0 Å². The molecule has 110 valence electrons.